The summed E-state index contributed by atoms with van der Waals surface area (Å²) in [6.45, 7) is 4.67. The molecule has 0 unspecified atom stereocenters. The third-order valence-electron chi connectivity index (χ3n) is 2.17. The van der Waals surface area contributed by atoms with Crippen LogP contribution in [0.3, 0.4) is 0 Å². The highest BCUT2D eigenvalue weighted by Crippen LogP contribution is 2.15. The second-order valence-electron chi connectivity index (χ2n) is 3.45. The number of hydrogen-bond donors (Lipinski definition) is 2. The van der Waals surface area contributed by atoms with E-state index in [-0.39, 0.29) is 12.5 Å². The Morgan fingerprint density at radius 2 is 2.25 bits per heavy atom. The van der Waals surface area contributed by atoms with E-state index in [2.05, 4.69) is 16.7 Å². The molecule has 0 aliphatic carbocycles. The number of carbonyl (C=O) groups is 1. The molecule has 0 radical (unpaired) electrons. The van der Waals surface area contributed by atoms with Crippen LogP contribution in [0.25, 0.3) is 0 Å². The Labute approximate surface area is 95.3 Å². The van der Waals surface area contributed by atoms with E-state index < -0.39 is 0 Å². The molecule has 1 amide bonds. The van der Waals surface area contributed by atoms with Gasteiger partial charge in [-0.2, -0.15) is 5.26 Å². The van der Waals surface area contributed by atoms with E-state index in [1.807, 2.05) is 19.9 Å². The second-order valence-corrected chi connectivity index (χ2v) is 3.45. The van der Waals surface area contributed by atoms with Gasteiger partial charge in [0.15, 0.2) is 0 Å². The van der Waals surface area contributed by atoms with Crippen LogP contribution < -0.4 is 10.6 Å². The summed E-state index contributed by atoms with van der Waals surface area (Å²) in [6.07, 6.45) is 0. The van der Waals surface area contributed by atoms with Crippen molar-refractivity contribution in [3.05, 3.63) is 29.3 Å². The first kappa shape index (κ1) is 12.1. The highest BCUT2D eigenvalue weighted by molar-refractivity contribution is 5.80. The van der Waals surface area contributed by atoms with E-state index >= 15 is 0 Å². The summed E-state index contributed by atoms with van der Waals surface area (Å²) >= 11 is 0. The summed E-state index contributed by atoms with van der Waals surface area (Å²) in [5, 5.41) is 14.4. The molecule has 4 heteroatoms. The molecule has 0 saturated carbocycles. The van der Waals surface area contributed by atoms with E-state index in [0.29, 0.717) is 12.1 Å². The molecule has 1 aromatic rings. The Balaban J connectivity index is 2.62. The normalized spacial score (nSPS) is 9.31. The van der Waals surface area contributed by atoms with Crippen molar-refractivity contribution in [3.8, 4) is 6.07 Å². The fourth-order valence-electron chi connectivity index (χ4n) is 1.37. The van der Waals surface area contributed by atoms with Gasteiger partial charge in [0.05, 0.1) is 18.2 Å². The molecule has 0 bridgehead atoms. The van der Waals surface area contributed by atoms with Crippen LogP contribution in [0, 0.1) is 18.3 Å². The SMILES string of the molecule is CCNC(=O)CNc1ccc(C#N)cc1C. The van der Waals surface area contributed by atoms with Crippen LogP contribution in [-0.2, 0) is 4.79 Å². The van der Waals surface area contributed by atoms with Crippen molar-refractivity contribution in [2.45, 2.75) is 13.8 Å². The number of anilines is 1. The summed E-state index contributed by atoms with van der Waals surface area (Å²) < 4.78 is 0. The number of likely N-dealkylation sites (N-methyl/N-ethyl adjacent to an activating group) is 1. The zero-order valence-corrected chi connectivity index (χ0v) is 9.50. The van der Waals surface area contributed by atoms with E-state index in [9.17, 15) is 4.79 Å². The number of aryl methyl sites for hydroxylation is 1. The number of benzene rings is 1. The fraction of sp³-hybridized carbons (Fsp3) is 0.333. The second kappa shape index (κ2) is 5.76. The van der Waals surface area contributed by atoms with Gasteiger partial charge in [-0.1, -0.05) is 0 Å². The number of nitrogens with zero attached hydrogens (tertiary/aromatic N) is 1. The topological polar surface area (TPSA) is 64.9 Å². The van der Waals surface area contributed by atoms with E-state index in [4.69, 9.17) is 5.26 Å². The van der Waals surface area contributed by atoms with Gasteiger partial charge in [0.2, 0.25) is 5.91 Å². The molecule has 1 rings (SSSR count). The molecule has 0 heterocycles. The van der Waals surface area contributed by atoms with Crippen LogP contribution in [-0.4, -0.2) is 19.0 Å². The van der Waals surface area contributed by atoms with Crippen molar-refractivity contribution in [1.29, 1.82) is 5.26 Å². The lowest BCUT2D eigenvalue weighted by atomic mass is 10.1. The van der Waals surface area contributed by atoms with Crippen molar-refractivity contribution < 1.29 is 4.79 Å². The number of carbonyl (C=O) groups excluding carboxylic acids is 1. The smallest absolute Gasteiger partial charge is 0.239 e. The Kier molecular flexibility index (Phi) is 4.34. The van der Waals surface area contributed by atoms with Crippen molar-refractivity contribution in [3.63, 3.8) is 0 Å². The standard InChI is InChI=1S/C12H15N3O/c1-3-14-12(16)8-15-11-5-4-10(7-13)6-9(11)2/h4-6,15H,3,8H2,1-2H3,(H,14,16). The third kappa shape index (κ3) is 3.28. The molecule has 0 aliphatic heterocycles. The lowest BCUT2D eigenvalue weighted by Gasteiger charge is -2.09. The van der Waals surface area contributed by atoms with Crippen molar-refractivity contribution in [2.75, 3.05) is 18.4 Å². The average molecular weight is 217 g/mol. The Morgan fingerprint density at radius 1 is 1.50 bits per heavy atom. The number of nitrogens with one attached hydrogen (secondary N) is 2. The molecule has 2 N–H and O–H groups in total. The van der Waals surface area contributed by atoms with Crippen LogP contribution >= 0.6 is 0 Å². The predicted molar refractivity (Wildman–Crippen MR) is 63.1 cm³/mol. The first-order valence-electron chi connectivity index (χ1n) is 5.18. The molecule has 4 nitrogen and oxygen atoms in total. The van der Waals surface area contributed by atoms with Gasteiger partial charge in [-0.25, -0.2) is 0 Å². The summed E-state index contributed by atoms with van der Waals surface area (Å²) in [6, 6.07) is 7.41. The lowest BCUT2D eigenvalue weighted by Crippen LogP contribution is -2.29. The van der Waals surface area contributed by atoms with Crippen LogP contribution in [0.1, 0.15) is 18.1 Å². The lowest BCUT2D eigenvalue weighted by molar-refractivity contribution is -0.119. The molecular weight excluding hydrogens is 202 g/mol. The van der Waals surface area contributed by atoms with Crippen LogP contribution in [0.4, 0.5) is 5.69 Å². The van der Waals surface area contributed by atoms with Gasteiger partial charge in [0.25, 0.3) is 0 Å². The van der Waals surface area contributed by atoms with Gasteiger partial charge in [-0.3, -0.25) is 4.79 Å². The van der Waals surface area contributed by atoms with Crippen molar-refractivity contribution >= 4 is 11.6 Å². The molecule has 0 aromatic heterocycles. The minimum atomic E-state index is -0.0359. The monoisotopic (exact) mass is 217 g/mol. The summed E-state index contributed by atoms with van der Waals surface area (Å²) in [7, 11) is 0. The Hall–Kier alpha value is -2.02. The van der Waals surface area contributed by atoms with Gasteiger partial charge in [-0.15, -0.1) is 0 Å². The van der Waals surface area contributed by atoms with Gasteiger partial charge in [-0.05, 0) is 37.6 Å². The molecule has 16 heavy (non-hydrogen) atoms. The zero-order chi connectivity index (χ0) is 12.0. The van der Waals surface area contributed by atoms with Crippen LogP contribution in [0.2, 0.25) is 0 Å². The molecule has 0 spiro atoms. The molecule has 84 valence electrons. The third-order valence-corrected chi connectivity index (χ3v) is 2.17. The zero-order valence-electron chi connectivity index (χ0n) is 9.50. The molecule has 0 fully saturated rings. The van der Waals surface area contributed by atoms with Crippen molar-refractivity contribution in [1.82, 2.24) is 5.32 Å². The van der Waals surface area contributed by atoms with Gasteiger partial charge in [0.1, 0.15) is 0 Å². The Morgan fingerprint density at radius 3 is 2.81 bits per heavy atom. The van der Waals surface area contributed by atoms with Crippen LogP contribution in [0.5, 0.6) is 0 Å². The maximum Gasteiger partial charge on any atom is 0.239 e. The average Bonchev–Trinajstić information content (AvgIpc) is 2.27. The van der Waals surface area contributed by atoms with E-state index in [1.54, 1.807) is 12.1 Å². The maximum atomic E-state index is 11.2. The van der Waals surface area contributed by atoms with Crippen LogP contribution in [0.15, 0.2) is 18.2 Å². The van der Waals surface area contributed by atoms with E-state index in [1.165, 1.54) is 0 Å². The largest absolute Gasteiger partial charge is 0.376 e. The molecule has 1 aromatic carbocycles. The summed E-state index contributed by atoms with van der Waals surface area (Å²) in [5.74, 6) is -0.0359. The summed E-state index contributed by atoms with van der Waals surface area (Å²) in [5.41, 5.74) is 2.47. The minimum absolute atomic E-state index is 0.0359. The first-order valence-corrected chi connectivity index (χ1v) is 5.18. The molecule has 0 saturated heterocycles. The minimum Gasteiger partial charge on any atom is -0.376 e. The fourth-order valence-corrected chi connectivity index (χ4v) is 1.37. The first-order chi connectivity index (χ1) is 7.67. The number of hydrogen-bond acceptors (Lipinski definition) is 3. The predicted octanol–water partition coefficient (Wildman–Crippen LogP) is 1.41. The quantitative estimate of drug-likeness (QED) is 0.801. The van der Waals surface area contributed by atoms with Gasteiger partial charge >= 0.3 is 0 Å². The summed E-state index contributed by atoms with van der Waals surface area (Å²) in [4.78, 5) is 11.2. The van der Waals surface area contributed by atoms with E-state index in [0.717, 1.165) is 11.3 Å². The van der Waals surface area contributed by atoms with Gasteiger partial charge in [0, 0.05) is 12.2 Å². The molecular formula is C12H15N3O. The maximum absolute atomic E-state index is 11.2. The number of amides is 1. The van der Waals surface area contributed by atoms with Crippen molar-refractivity contribution in [2.24, 2.45) is 0 Å². The molecule has 0 atom stereocenters. The number of rotatable bonds is 4. The molecule has 0 aliphatic rings. The van der Waals surface area contributed by atoms with Gasteiger partial charge < -0.3 is 10.6 Å². The highest BCUT2D eigenvalue weighted by atomic mass is 16.1. The Bertz CT molecular complexity index is 421. The number of nitriles is 1. The highest BCUT2D eigenvalue weighted by Gasteiger charge is 2.02.